The van der Waals surface area contributed by atoms with Crippen LogP contribution >= 0.6 is 34.8 Å². The minimum absolute atomic E-state index is 0.129. The third-order valence-electron chi connectivity index (χ3n) is 4.10. The average molecular weight is 466 g/mol. The molecule has 1 unspecified atom stereocenters. The number of carbonyl (C=O) groups excluding carboxylic acids is 1. The predicted octanol–water partition coefficient (Wildman–Crippen LogP) is 4.80. The smallest absolute Gasteiger partial charge is 0.326 e. The molecule has 10 heteroatoms. The van der Waals surface area contributed by atoms with Crippen molar-refractivity contribution in [1.82, 2.24) is 9.97 Å². The van der Waals surface area contributed by atoms with Crippen LogP contribution in [0.2, 0.25) is 15.2 Å². The molecule has 1 atom stereocenters. The van der Waals surface area contributed by atoms with Crippen LogP contribution in [0.3, 0.4) is 0 Å². The van der Waals surface area contributed by atoms with Gasteiger partial charge in [-0.25, -0.2) is 9.78 Å². The number of carboxylic acid groups (broad SMARTS) is 1. The lowest BCUT2D eigenvalue weighted by atomic mass is 10.1. The summed E-state index contributed by atoms with van der Waals surface area (Å²) in [7, 11) is 0. The van der Waals surface area contributed by atoms with Crippen LogP contribution in [0.15, 0.2) is 55.0 Å². The zero-order valence-corrected chi connectivity index (χ0v) is 17.5. The molecular weight excluding hydrogens is 451 g/mol. The fourth-order valence-corrected chi connectivity index (χ4v) is 3.29. The highest BCUT2D eigenvalue weighted by Crippen LogP contribution is 2.24. The van der Waals surface area contributed by atoms with Gasteiger partial charge in [0.1, 0.15) is 11.2 Å². The third kappa shape index (κ3) is 5.60. The van der Waals surface area contributed by atoms with Gasteiger partial charge in [-0.15, -0.1) is 0 Å². The van der Waals surface area contributed by atoms with Crippen LogP contribution in [0.25, 0.3) is 0 Å². The van der Waals surface area contributed by atoms with E-state index in [1.807, 2.05) is 0 Å². The van der Waals surface area contributed by atoms with Gasteiger partial charge in [-0.05, 0) is 29.8 Å². The Labute approximate surface area is 187 Å². The quantitative estimate of drug-likeness (QED) is 0.433. The lowest BCUT2D eigenvalue weighted by Crippen LogP contribution is -2.31. The molecule has 0 aliphatic heterocycles. The Kier molecular flexibility index (Phi) is 7.10. The third-order valence-corrected chi connectivity index (χ3v) is 4.90. The summed E-state index contributed by atoms with van der Waals surface area (Å²) in [5.41, 5.74) is 1.94. The molecular formula is C20H15Cl3N4O3. The van der Waals surface area contributed by atoms with E-state index in [9.17, 15) is 14.7 Å². The number of pyridine rings is 2. The van der Waals surface area contributed by atoms with Crippen LogP contribution in [0.4, 0.5) is 11.4 Å². The topological polar surface area (TPSA) is 104 Å². The Morgan fingerprint density at radius 1 is 0.933 bits per heavy atom. The minimum atomic E-state index is -1.01. The van der Waals surface area contributed by atoms with E-state index in [2.05, 4.69) is 20.6 Å². The fourth-order valence-electron chi connectivity index (χ4n) is 2.64. The van der Waals surface area contributed by atoms with Crippen molar-refractivity contribution in [1.29, 1.82) is 0 Å². The predicted molar refractivity (Wildman–Crippen MR) is 117 cm³/mol. The Balaban J connectivity index is 1.67. The Hall–Kier alpha value is -2.87. The highest BCUT2D eigenvalue weighted by Gasteiger charge is 2.19. The van der Waals surface area contributed by atoms with Gasteiger partial charge in [0.2, 0.25) is 0 Å². The maximum Gasteiger partial charge on any atom is 0.326 e. The number of benzene rings is 1. The van der Waals surface area contributed by atoms with Crippen molar-refractivity contribution in [3.05, 3.63) is 81.3 Å². The molecule has 1 aromatic carbocycles. The lowest BCUT2D eigenvalue weighted by molar-refractivity contribution is -0.137. The first-order valence-electron chi connectivity index (χ1n) is 8.63. The molecule has 3 N–H and O–H groups in total. The summed E-state index contributed by atoms with van der Waals surface area (Å²) in [4.78, 5) is 31.8. The molecule has 0 radical (unpaired) electrons. The summed E-state index contributed by atoms with van der Waals surface area (Å²) in [5, 5.41) is 15.7. The van der Waals surface area contributed by atoms with E-state index < -0.39 is 17.9 Å². The van der Waals surface area contributed by atoms with E-state index in [-0.39, 0.29) is 22.0 Å². The molecule has 0 aliphatic carbocycles. The second kappa shape index (κ2) is 9.75. The Bertz CT molecular complexity index is 1040. The van der Waals surface area contributed by atoms with Crippen molar-refractivity contribution >= 4 is 58.1 Å². The molecule has 30 heavy (non-hydrogen) atoms. The van der Waals surface area contributed by atoms with Crippen LogP contribution in [-0.4, -0.2) is 33.0 Å². The summed E-state index contributed by atoms with van der Waals surface area (Å²) in [6, 6.07) is 9.13. The standard InChI is InChI=1S/C20H15Cl3N4O3/c21-14-9-24-10-15(22)18(14)19(28)27-12-3-1-11(2-4-12)7-16(20(29)30)26-13-5-6-17(23)25-8-13/h1-6,8-10,16,26H,7H2,(H,27,28)(H,29,30). The second-order valence-electron chi connectivity index (χ2n) is 6.24. The number of carboxylic acids is 1. The summed E-state index contributed by atoms with van der Waals surface area (Å²) >= 11 is 17.7. The largest absolute Gasteiger partial charge is 0.480 e. The SMILES string of the molecule is O=C(Nc1ccc(CC(Nc2ccc(Cl)nc2)C(=O)O)cc1)c1c(Cl)cncc1Cl. The number of amides is 1. The second-order valence-corrected chi connectivity index (χ2v) is 7.44. The number of hydrogen-bond donors (Lipinski definition) is 3. The number of aromatic nitrogens is 2. The molecule has 0 fully saturated rings. The molecule has 0 aliphatic rings. The highest BCUT2D eigenvalue weighted by molar-refractivity contribution is 6.40. The monoisotopic (exact) mass is 464 g/mol. The number of rotatable bonds is 7. The van der Waals surface area contributed by atoms with Crippen LogP contribution < -0.4 is 10.6 Å². The summed E-state index contributed by atoms with van der Waals surface area (Å²) in [6.45, 7) is 0. The van der Waals surface area contributed by atoms with E-state index in [1.165, 1.54) is 18.6 Å². The lowest BCUT2D eigenvalue weighted by Gasteiger charge is -2.16. The first-order valence-corrected chi connectivity index (χ1v) is 9.77. The van der Waals surface area contributed by atoms with Crippen LogP contribution in [0, 0.1) is 0 Å². The first kappa shape index (κ1) is 21.8. The molecule has 1 amide bonds. The van der Waals surface area contributed by atoms with Gasteiger partial charge in [-0.3, -0.25) is 9.78 Å². The zero-order chi connectivity index (χ0) is 21.7. The van der Waals surface area contributed by atoms with E-state index in [4.69, 9.17) is 34.8 Å². The van der Waals surface area contributed by atoms with Gasteiger partial charge in [0.05, 0.1) is 27.5 Å². The maximum absolute atomic E-state index is 12.4. The fraction of sp³-hybridized carbons (Fsp3) is 0.100. The van der Waals surface area contributed by atoms with Gasteiger partial charge in [-0.2, -0.15) is 0 Å². The zero-order valence-electron chi connectivity index (χ0n) is 15.3. The van der Waals surface area contributed by atoms with Crippen molar-refractivity contribution in [2.45, 2.75) is 12.5 Å². The number of nitrogens with zero attached hydrogens (tertiary/aromatic N) is 2. The molecule has 0 spiro atoms. The molecule has 0 bridgehead atoms. The van der Waals surface area contributed by atoms with E-state index in [0.717, 1.165) is 5.56 Å². The maximum atomic E-state index is 12.4. The van der Waals surface area contributed by atoms with E-state index in [0.29, 0.717) is 16.5 Å². The summed E-state index contributed by atoms with van der Waals surface area (Å²) < 4.78 is 0. The molecule has 2 aromatic heterocycles. The molecule has 0 saturated carbocycles. The number of halogens is 3. The minimum Gasteiger partial charge on any atom is -0.480 e. The van der Waals surface area contributed by atoms with Gasteiger partial charge in [0.25, 0.3) is 5.91 Å². The number of hydrogen-bond acceptors (Lipinski definition) is 5. The summed E-state index contributed by atoms with van der Waals surface area (Å²) in [5.74, 6) is -1.48. The van der Waals surface area contributed by atoms with Crippen molar-refractivity contribution in [3.63, 3.8) is 0 Å². The van der Waals surface area contributed by atoms with Gasteiger partial charge in [0.15, 0.2) is 0 Å². The molecule has 154 valence electrons. The summed E-state index contributed by atoms with van der Waals surface area (Å²) in [6.07, 6.45) is 4.35. The molecule has 2 heterocycles. The highest BCUT2D eigenvalue weighted by atomic mass is 35.5. The molecule has 0 saturated heterocycles. The van der Waals surface area contributed by atoms with Crippen LogP contribution in [0.5, 0.6) is 0 Å². The van der Waals surface area contributed by atoms with Crippen molar-refractivity contribution in [2.24, 2.45) is 0 Å². The van der Waals surface area contributed by atoms with Crippen LogP contribution in [0.1, 0.15) is 15.9 Å². The number of nitrogens with one attached hydrogen (secondary N) is 2. The van der Waals surface area contributed by atoms with Crippen molar-refractivity contribution < 1.29 is 14.7 Å². The normalized spacial score (nSPS) is 11.6. The van der Waals surface area contributed by atoms with Gasteiger partial charge in [-0.1, -0.05) is 46.9 Å². The Morgan fingerprint density at radius 3 is 2.13 bits per heavy atom. The first-order chi connectivity index (χ1) is 14.3. The van der Waals surface area contributed by atoms with Crippen molar-refractivity contribution in [2.75, 3.05) is 10.6 Å². The van der Waals surface area contributed by atoms with Gasteiger partial charge < -0.3 is 15.7 Å². The average Bonchev–Trinajstić information content (AvgIpc) is 2.70. The molecule has 3 aromatic rings. The van der Waals surface area contributed by atoms with E-state index >= 15 is 0 Å². The molecule has 7 nitrogen and oxygen atoms in total. The molecule has 3 rings (SSSR count). The Morgan fingerprint density at radius 2 is 1.57 bits per heavy atom. The van der Waals surface area contributed by atoms with Crippen molar-refractivity contribution in [3.8, 4) is 0 Å². The number of anilines is 2. The van der Waals surface area contributed by atoms with Gasteiger partial charge >= 0.3 is 5.97 Å². The number of carbonyl (C=O) groups is 2. The van der Waals surface area contributed by atoms with E-state index in [1.54, 1.807) is 36.4 Å². The van der Waals surface area contributed by atoms with Crippen LogP contribution in [-0.2, 0) is 11.2 Å². The number of aliphatic carboxylic acids is 1. The van der Waals surface area contributed by atoms with Gasteiger partial charge in [0, 0.05) is 24.5 Å².